The molecule has 34 heavy (non-hydrogen) atoms. The highest BCUT2D eigenvalue weighted by molar-refractivity contribution is 7.12. The van der Waals surface area contributed by atoms with E-state index in [4.69, 9.17) is 10.1 Å². The van der Waals surface area contributed by atoms with E-state index in [0.717, 1.165) is 33.2 Å². The average Bonchev–Trinajstić information content (AvgIpc) is 3.58. The summed E-state index contributed by atoms with van der Waals surface area (Å²) in [6.45, 7) is 3.90. The highest BCUT2D eigenvalue weighted by Gasteiger charge is 2.17. The number of thiophene rings is 1. The molecule has 0 unspecified atom stereocenters. The van der Waals surface area contributed by atoms with Gasteiger partial charge in [0.25, 0.3) is 5.56 Å². The topological polar surface area (TPSA) is 56.6 Å². The highest BCUT2D eigenvalue weighted by Crippen LogP contribution is 2.22. The van der Waals surface area contributed by atoms with Crippen LogP contribution < -0.4 is 10.4 Å². The van der Waals surface area contributed by atoms with Gasteiger partial charge in [-0.3, -0.25) is 9.48 Å². The van der Waals surface area contributed by atoms with E-state index in [2.05, 4.69) is 18.2 Å². The monoisotopic (exact) mass is 485 g/mol. The van der Waals surface area contributed by atoms with Crippen LogP contribution in [0.25, 0.3) is 16.9 Å². The number of nitrogens with zero attached hydrogens (tertiary/aromatic N) is 5. The van der Waals surface area contributed by atoms with Crippen molar-refractivity contribution in [1.29, 1.82) is 0 Å². The van der Waals surface area contributed by atoms with Crippen molar-refractivity contribution in [3.63, 3.8) is 0 Å². The van der Waals surface area contributed by atoms with Gasteiger partial charge in [0, 0.05) is 18.0 Å². The fourth-order valence-electron chi connectivity index (χ4n) is 3.74. The van der Waals surface area contributed by atoms with Crippen LogP contribution in [0, 0.1) is 6.92 Å². The van der Waals surface area contributed by atoms with E-state index < -0.39 is 0 Å². The predicted octanol–water partition coefficient (Wildman–Crippen LogP) is 5.58. The Labute approximate surface area is 205 Å². The van der Waals surface area contributed by atoms with Gasteiger partial charge in [0.05, 0.1) is 27.7 Å². The highest BCUT2D eigenvalue weighted by atomic mass is 32.1. The van der Waals surface area contributed by atoms with Gasteiger partial charge in [0.15, 0.2) is 5.69 Å². The third kappa shape index (κ3) is 4.02. The van der Waals surface area contributed by atoms with Gasteiger partial charge < -0.3 is 0 Å². The van der Waals surface area contributed by atoms with Crippen LogP contribution in [0.1, 0.15) is 17.5 Å². The van der Waals surface area contributed by atoms with Crippen LogP contribution in [0.3, 0.4) is 0 Å². The minimum Gasteiger partial charge on any atom is -0.283 e. The zero-order chi connectivity index (χ0) is 23.7. The fraction of sp³-hybridized carbons (Fsp3) is 0.115. The molecule has 0 fully saturated rings. The Balaban J connectivity index is 1.73. The molecular weight excluding hydrogens is 462 g/mol. The largest absolute Gasteiger partial charge is 0.297 e. The van der Waals surface area contributed by atoms with E-state index in [1.165, 1.54) is 11.3 Å². The third-order valence-corrected chi connectivity index (χ3v) is 7.41. The first-order chi connectivity index (χ1) is 16.5. The van der Waals surface area contributed by atoms with E-state index >= 15 is 0 Å². The van der Waals surface area contributed by atoms with Crippen LogP contribution in [0.2, 0.25) is 0 Å². The number of thiazole rings is 1. The SMILES string of the molecule is CC(=Nn1c(-c2ccccc2)csc1=Nc1c(C)n(C)n(-c2ccccc2)c1=O)c1cccs1. The Hall–Kier alpha value is -3.75. The van der Waals surface area contributed by atoms with Crippen molar-refractivity contribution in [2.45, 2.75) is 13.8 Å². The molecule has 0 aliphatic rings. The lowest BCUT2D eigenvalue weighted by Gasteiger charge is -2.07. The molecule has 0 amide bonds. The van der Waals surface area contributed by atoms with Crippen LogP contribution in [0.5, 0.6) is 0 Å². The molecule has 3 heterocycles. The summed E-state index contributed by atoms with van der Waals surface area (Å²) in [7, 11) is 1.87. The fourth-order valence-corrected chi connectivity index (χ4v) is 5.25. The van der Waals surface area contributed by atoms with Gasteiger partial charge >= 0.3 is 0 Å². The molecule has 0 saturated carbocycles. The molecule has 5 rings (SSSR count). The number of rotatable bonds is 5. The Morgan fingerprint density at radius 3 is 2.29 bits per heavy atom. The Morgan fingerprint density at radius 1 is 0.912 bits per heavy atom. The molecule has 0 atom stereocenters. The molecule has 0 N–H and O–H groups in total. The summed E-state index contributed by atoms with van der Waals surface area (Å²) in [6, 6.07) is 23.8. The zero-order valence-corrected chi connectivity index (χ0v) is 20.7. The van der Waals surface area contributed by atoms with Crippen molar-refractivity contribution in [2.24, 2.45) is 17.1 Å². The standard InChI is InChI=1S/C26H23N5OS2/c1-18(23-15-10-16-33-23)28-30-22(20-11-6-4-7-12-20)17-34-26(30)27-24-19(2)29(3)31(25(24)32)21-13-8-5-9-14-21/h4-17H,1-3H3. The first-order valence-corrected chi connectivity index (χ1v) is 12.5. The molecule has 5 aromatic rings. The van der Waals surface area contributed by atoms with Crippen molar-refractivity contribution in [2.75, 3.05) is 0 Å². The number of para-hydroxylation sites is 1. The van der Waals surface area contributed by atoms with Gasteiger partial charge in [-0.2, -0.15) is 5.10 Å². The molecule has 0 aliphatic carbocycles. The number of aromatic nitrogens is 3. The molecular formula is C26H23N5OS2. The van der Waals surface area contributed by atoms with E-state index in [9.17, 15) is 4.79 Å². The van der Waals surface area contributed by atoms with Gasteiger partial charge in [-0.15, -0.1) is 22.7 Å². The van der Waals surface area contributed by atoms with E-state index in [1.807, 2.05) is 95.6 Å². The molecule has 0 bridgehead atoms. The molecule has 170 valence electrons. The van der Waals surface area contributed by atoms with Crippen molar-refractivity contribution >= 4 is 34.1 Å². The predicted molar refractivity (Wildman–Crippen MR) is 141 cm³/mol. The normalized spacial score (nSPS) is 12.4. The average molecular weight is 486 g/mol. The van der Waals surface area contributed by atoms with Crippen molar-refractivity contribution < 1.29 is 0 Å². The van der Waals surface area contributed by atoms with Crippen molar-refractivity contribution in [1.82, 2.24) is 14.0 Å². The summed E-state index contributed by atoms with van der Waals surface area (Å²) in [4.78, 5) is 20.0. The maximum atomic E-state index is 13.4. The Morgan fingerprint density at radius 2 is 1.62 bits per heavy atom. The summed E-state index contributed by atoms with van der Waals surface area (Å²) in [5.41, 5.74) is 4.69. The van der Waals surface area contributed by atoms with Gasteiger partial charge in [-0.1, -0.05) is 54.6 Å². The van der Waals surface area contributed by atoms with Gasteiger partial charge in [-0.05, 0) is 37.4 Å². The smallest absolute Gasteiger partial charge is 0.283 e. The van der Waals surface area contributed by atoms with E-state index in [0.29, 0.717) is 10.5 Å². The summed E-state index contributed by atoms with van der Waals surface area (Å²) in [6.07, 6.45) is 0. The maximum Gasteiger partial charge on any atom is 0.297 e. The van der Waals surface area contributed by atoms with Crippen molar-refractivity contribution in [3.8, 4) is 16.9 Å². The van der Waals surface area contributed by atoms with Crippen LogP contribution in [0.4, 0.5) is 5.69 Å². The Bertz CT molecular complexity index is 1580. The van der Waals surface area contributed by atoms with Gasteiger partial charge in [0.2, 0.25) is 4.80 Å². The van der Waals surface area contributed by atoms with E-state index in [-0.39, 0.29) is 5.56 Å². The van der Waals surface area contributed by atoms with Gasteiger partial charge in [-0.25, -0.2) is 14.4 Å². The number of benzene rings is 2. The van der Waals surface area contributed by atoms with Crippen LogP contribution in [-0.4, -0.2) is 19.8 Å². The molecule has 3 aromatic heterocycles. The maximum absolute atomic E-state index is 13.4. The third-order valence-electron chi connectivity index (χ3n) is 5.61. The lowest BCUT2D eigenvalue weighted by atomic mass is 10.2. The summed E-state index contributed by atoms with van der Waals surface area (Å²) in [5.74, 6) is 0. The molecule has 6 nitrogen and oxygen atoms in total. The van der Waals surface area contributed by atoms with Crippen LogP contribution >= 0.6 is 22.7 Å². The summed E-state index contributed by atoms with van der Waals surface area (Å²) >= 11 is 3.11. The lowest BCUT2D eigenvalue weighted by molar-refractivity contribution is 0.630. The molecule has 0 spiro atoms. The molecule has 2 aromatic carbocycles. The second-order valence-corrected chi connectivity index (χ2v) is 9.55. The molecule has 8 heteroatoms. The minimum absolute atomic E-state index is 0.161. The molecule has 0 aliphatic heterocycles. The van der Waals surface area contributed by atoms with E-state index in [1.54, 1.807) is 16.0 Å². The molecule has 0 radical (unpaired) electrons. The molecule has 0 saturated heterocycles. The van der Waals surface area contributed by atoms with Crippen LogP contribution in [-0.2, 0) is 7.05 Å². The zero-order valence-electron chi connectivity index (χ0n) is 19.0. The Kier molecular flexibility index (Phi) is 6.00. The first kappa shape index (κ1) is 22.1. The minimum atomic E-state index is -0.161. The van der Waals surface area contributed by atoms with Crippen LogP contribution in [0.15, 0.2) is 98.4 Å². The second kappa shape index (κ2) is 9.24. The quantitative estimate of drug-likeness (QED) is 0.300. The van der Waals surface area contributed by atoms with Gasteiger partial charge in [0.1, 0.15) is 0 Å². The number of hydrogen-bond acceptors (Lipinski definition) is 5. The number of hydrogen-bond donors (Lipinski definition) is 0. The van der Waals surface area contributed by atoms with Crippen molar-refractivity contribution in [3.05, 3.63) is 109 Å². The lowest BCUT2D eigenvalue weighted by Crippen LogP contribution is -2.20. The second-order valence-electron chi connectivity index (χ2n) is 7.77. The summed E-state index contributed by atoms with van der Waals surface area (Å²) in [5, 5.41) is 9.00. The summed E-state index contributed by atoms with van der Waals surface area (Å²) < 4.78 is 5.32. The first-order valence-electron chi connectivity index (χ1n) is 10.8.